The number of benzene rings is 1. The Morgan fingerprint density at radius 3 is 2.47 bits per heavy atom. The third kappa shape index (κ3) is 6.15. The van der Waals surface area contributed by atoms with Crippen molar-refractivity contribution in [1.82, 2.24) is 4.90 Å². The lowest BCUT2D eigenvalue weighted by Crippen LogP contribution is -2.26. The number of hydrogen-bond donors (Lipinski definition) is 0. The number of nitrogens with zero attached hydrogens (tertiary/aromatic N) is 1. The number of rotatable bonds is 7. The van der Waals surface area contributed by atoms with E-state index in [9.17, 15) is 13.6 Å². The van der Waals surface area contributed by atoms with Gasteiger partial charge < -0.3 is 9.47 Å². The third-order valence-electron chi connectivity index (χ3n) is 2.31. The van der Waals surface area contributed by atoms with Crippen molar-refractivity contribution in [3.63, 3.8) is 0 Å². The van der Waals surface area contributed by atoms with Crippen LogP contribution in [-0.4, -0.2) is 37.7 Å². The van der Waals surface area contributed by atoms with E-state index in [-0.39, 0.29) is 18.3 Å². The smallest absolute Gasteiger partial charge is 0.387 e. The topological polar surface area (TPSA) is 38.8 Å². The van der Waals surface area contributed by atoms with Crippen LogP contribution >= 0.6 is 0 Å². The Labute approximate surface area is 110 Å². The molecular weight excluding hydrogens is 256 g/mol. The van der Waals surface area contributed by atoms with Crippen LogP contribution in [0.3, 0.4) is 0 Å². The third-order valence-corrected chi connectivity index (χ3v) is 2.31. The molecule has 1 aromatic rings. The van der Waals surface area contributed by atoms with Crippen molar-refractivity contribution in [2.24, 2.45) is 0 Å². The molecule has 6 heteroatoms. The molecule has 0 aliphatic heterocycles. The van der Waals surface area contributed by atoms with E-state index in [1.165, 1.54) is 12.1 Å². The lowest BCUT2D eigenvalue weighted by molar-refractivity contribution is -0.144. The molecule has 0 spiro atoms. The molecule has 0 N–H and O–H groups in total. The fourth-order valence-electron chi connectivity index (χ4n) is 1.57. The zero-order chi connectivity index (χ0) is 14.3. The number of carbonyl (C=O) groups excluding carboxylic acids is 1. The van der Waals surface area contributed by atoms with Crippen LogP contribution in [0.25, 0.3) is 0 Å². The van der Waals surface area contributed by atoms with Crippen LogP contribution in [0, 0.1) is 0 Å². The zero-order valence-corrected chi connectivity index (χ0v) is 10.9. The van der Waals surface area contributed by atoms with Gasteiger partial charge in [0.25, 0.3) is 0 Å². The highest BCUT2D eigenvalue weighted by Crippen LogP contribution is 2.15. The molecule has 0 aromatic heterocycles. The Morgan fingerprint density at radius 2 is 1.95 bits per heavy atom. The fourth-order valence-corrected chi connectivity index (χ4v) is 1.57. The zero-order valence-electron chi connectivity index (χ0n) is 10.9. The van der Waals surface area contributed by atoms with E-state index < -0.39 is 6.61 Å². The largest absolute Gasteiger partial charge is 0.465 e. The summed E-state index contributed by atoms with van der Waals surface area (Å²) in [5.74, 6) is -0.172. The maximum atomic E-state index is 12.0. The number of likely N-dealkylation sites (N-methyl/N-ethyl adjacent to an activating group) is 1. The van der Waals surface area contributed by atoms with Crippen LogP contribution < -0.4 is 4.74 Å². The molecular formula is C13H17F2NO3. The summed E-state index contributed by atoms with van der Waals surface area (Å²) >= 11 is 0. The van der Waals surface area contributed by atoms with Crippen molar-refractivity contribution in [3.8, 4) is 5.75 Å². The molecule has 0 saturated carbocycles. The molecule has 0 amide bonds. The molecule has 0 saturated heterocycles. The second-order valence-electron chi connectivity index (χ2n) is 4.00. The molecule has 0 atom stereocenters. The molecule has 0 heterocycles. The SMILES string of the molecule is CCOC(=O)CN(C)Cc1ccc(OC(F)F)cc1. The molecule has 0 bridgehead atoms. The normalized spacial score (nSPS) is 10.8. The Hall–Kier alpha value is -1.69. The van der Waals surface area contributed by atoms with Gasteiger partial charge in [0.2, 0.25) is 0 Å². The Bertz CT molecular complexity index is 395. The van der Waals surface area contributed by atoms with E-state index >= 15 is 0 Å². The predicted molar refractivity (Wildman–Crippen MR) is 66.0 cm³/mol. The van der Waals surface area contributed by atoms with Gasteiger partial charge in [0, 0.05) is 6.54 Å². The van der Waals surface area contributed by atoms with Gasteiger partial charge in [-0.15, -0.1) is 0 Å². The molecule has 0 aliphatic carbocycles. The van der Waals surface area contributed by atoms with E-state index in [0.29, 0.717) is 13.2 Å². The molecule has 19 heavy (non-hydrogen) atoms. The minimum atomic E-state index is -2.82. The van der Waals surface area contributed by atoms with Crippen LogP contribution in [0.2, 0.25) is 0 Å². The van der Waals surface area contributed by atoms with Crippen molar-refractivity contribution < 1.29 is 23.0 Å². The molecule has 0 aliphatic rings. The number of halogens is 2. The molecule has 4 nitrogen and oxygen atoms in total. The summed E-state index contributed by atoms with van der Waals surface area (Å²) in [6, 6.07) is 6.30. The Kier molecular flexibility index (Phi) is 6.21. The maximum Gasteiger partial charge on any atom is 0.387 e. The van der Waals surface area contributed by atoms with E-state index in [0.717, 1.165) is 5.56 Å². The van der Waals surface area contributed by atoms with Crippen LogP contribution in [0.15, 0.2) is 24.3 Å². The van der Waals surface area contributed by atoms with Gasteiger partial charge in [0.15, 0.2) is 0 Å². The number of hydrogen-bond acceptors (Lipinski definition) is 4. The number of alkyl halides is 2. The van der Waals surface area contributed by atoms with Crippen molar-refractivity contribution in [2.45, 2.75) is 20.1 Å². The molecule has 106 valence electrons. The van der Waals surface area contributed by atoms with Gasteiger partial charge in [0.1, 0.15) is 5.75 Å². The summed E-state index contributed by atoms with van der Waals surface area (Å²) in [7, 11) is 1.78. The second-order valence-corrected chi connectivity index (χ2v) is 4.00. The van der Waals surface area contributed by atoms with Gasteiger partial charge in [-0.05, 0) is 31.7 Å². The van der Waals surface area contributed by atoms with E-state index in [1.807, 2.05) is 0 Å². The van der Waals surface area contributed by atoms with E-state index in [2.05, 4.69) is 4.74 Å². The average molecular weight is 273 g/mol. The summed E-state index contributed by atoms with van der Waals surface area (Å²) in [6.45, 7) is -0.0135. The summed E-state index contributed by atoms with van der Waals surface area (Å²) in [5.41, 5.74) is 0.897. The maximum absolute atomic E-state index is 12.0. The van der Waals surface area contributed by atoms with Crippen LogP contribution in [-0.2, 0) is 16.1 Å². The van der Waals surface area contributed by atoms with E-state index in [4.69, 9.17) is 4.74 Å². The highest BCUT2D eigenvalue weighted by molar-refractivity contribution is 5.71. The minimum Gasteiger partial charge on any atom is -0.465 e. The van der Waals surface area contributed by atoms with Gasteiger partial charge in [-0.1, -0.05) is 12.1 Å². The molecule has 0 unspecified atom stereocenters. The summed E-state index contributed by atoms with van der Waals surface area (Å²) < 4.78 is 33.0. The van der Waals surface area contributed by atoms with Gasteiger partial charge in [-0.3, -0.25) is 9.69 Å². The monoisotopic (exact) mass is 273 g/mol. The highest BCUT2D eigenvalue weighted by atomic mass is 19.3. The molecule has 0 fully saturated rings. The average Bonchev–Trinajstić information content (AvgIpc) is 2.31. The number of carbonyl (C=O) groups is 1. The lowest BCUT2D eigenvalue weighted by atomic mass is 10.2. The molecule has 1 rings (SSSR count). The Balaban J connectivity index is 2.46. The fraction of sp³-hybridized carbons (Fsp3) is 0.462. The quantitative estimate of drug-likeness (QED) is 0.714. The predicted octanol–water partition coefficient (Wildman–Crippen LogP) is 2.28. The van der Waals surface area contributed by atoms with Gasteiger partial charge >= 0.3 is 12.6 Å². The van der Waals surface area contributed by atoms with Crippen molar-refractivity contribution in [3.05, 3.63) is 29.8 Å². The summed E-state index contributed by atoms with van der Waals surface area (Å²) in [4.78, 5) is 13.0. The van der Waals surface area contributed by atoms with Crippen LogP contribution in [0.4, 0.5) is 8.78 Å². The molecule has 1 aromatic carbocycles. The first-order chi connectivity index (χ1) is 9.01. The number of esters is 1. The van der Waals surface area contributed by atoms with E-state index in [1.54, 1.807) is 31.0 Å². The van der Waals surface area contributed by atoms with Crippen molar-refractivity contribution in [1.29, 1.82) is 0 Å². The van der Waals surface area contributed by atoms with Gasteiger partial charge in [0.05, 0.1) is 13.2 Å². The Morgan fingerprint density at radius 1 is 1.32 bits per heavy atom. The van der Waals surface area contributed by atoms with Gasteiger partial charge in [-0.2, -0.15) is 8.78 Å². The lowest BCUT2D eigenvalue weighted by Gasteiger charge is -2.15. The van der Waals surface area contributed by atoms with Gasteiger partial charge in [-0.25, -0.2) is 0 Å². The highest BCUT2D eigenvalue weighted by Gasteiger charge is 2.08. The van der Waals surface area contributed by atoms with Crippen molar-refractivity contribution >= 4 is 5.97 Å². The minimum absolute atomic E-state index is 0.117. The first-order valence-electron chi connectivity index (χ1n) is 5.89. The summed E-state index contributed by atoms with van der Waals surface area (Å²) in [5, 5.41) is 0. The second kappa shape index (κ2) is 7.68. The first kappa shape index (κ1) is 15.4. The summed E-state index contributed by atoms with van der Waals surface area (Å²) in [6.07, 6.45) is 0. The number of ether oxygens (including phenoxy) is 2. The molecule has 0 radical (unpaired) electrons. The first-order valence-corrected chi connectivity index (χ1v) is 5.89. The van der Waals surface area contributed by atoms with Crippen LogP contribution in [0.1, 0.15) is 12.5 Å². The van der Waals surface area contributed by atoms with Crippen LogP contribution in [0.5, 0.6) is 5.75 Å². The standard InChI is InChI=1S/C13H17F2NO3/c1-3-18-12(17)9-16(2)8-10-4-6-11(7-5-10)19-13(14)15/h4-7,13H,3,8-9H2,1-2H3. The van der Waals surface area contributed by atoms with Crippen molar-refractivity contribution in [2.75, 3.05) is 20.2 Å².